The molecular formula is C16H14ClN5. The highest BCUT2D eigenvalue weighted by Gasteiger charge is 2.24. The smallest absolute Gasteiger partial charge is 0.225 e. The normalized spacial score (nSPS) is 14.0. The van der Waals surface area contributed by atoms with Gasteiger partial charge in [-0.25, -0.2) is 9.97 Å². The van der Waals surface area contributed by atoms with Gasteiger partial charge in [-0.2, -0.15) is 5.10 Å². The van der Waals surface area contributed by atoms with Crippen LogP contribution in [0.25, 0.3) is 11.3 Å². The number of rotatable bonds is 2. The minimum Gasteiger partial charge on any atom is -0.336 e. The summed E-state index contributed by atoms with van der Waals surface area (Å²) in [6, 6.07) is 9.61. The van der Waals surface area contributed by atoms with E-state index in [1.54, 1.807) is 12.4 Å². The Morgan fingerprint density at radius 2 is 2.00 bits per heavy atom. The summed E-state index contributed by atoms with van der Waals surface area (Å²) < 4.78 is 0. The molecule has 6 heteroatoms. The van der Waals surface area contributed by atoms with Crippen molar-refractivity contribution in [2.24, 2.45) is 0 Å². The molecule has 1 aliphatic rings. The quantitative estimate of drug-likeness (QED) is 0.790. The summed E-state index contributed by atoms with van der Waals surface area (Å²) in [5.41, 5.74) is 4.36. The van der Waals surface area contributed by atoms with Crippen LogP contribution in [0.4, 0.5) is 5.95 Å². The number of aromatic amines is 1. The Labute approximate surface area is 133 Å². The summed E-state index contributed by atoms with van der Waals surface area (Å²) in [7, 11) is 0. The number of H-pyrrole nitrogens is 1. The molecule has 0 aliphatic carbocycles. The predicted molar refractivity (Wildman–Crippen MR) is 85.8 cm³/mol. The molecular weight excluding hydrogens is 298 g/mol. The van der Waals surface area contributed by atoms with Crippen LogP contribution in [-0.2, 0) is 13.0 Å². The van der Waals surface area contributed by atoms with Gasteiger partial charge < -0.3 is 4.90 Å². The summed E-state index contributed by atoms with van der Waals surface area (Å²) in [5, 5.41) is 8.36. The van der Waals surface area contributed by atoms with E-state index in [1.165, 1.54) is 11.3 Å². The van der Waals surface area contributed by atoms with Gasteiger partial charge in [0.05, 0.1) is 5.69 Å². The Bertz CT molecular complexity index is 799. The number of aromatic nitrogens is 4. The lowest BCUT2D eigenvalue weighted by Crippen LogP contribution is -2.31. The average molecular weight is 312 g/mol. The van der Waals surface area contributed by atoms with Gasteiger partial charge in [-0.1, -0.05) is 23.7 Å². The lowest BCUT2D eigenvalue weighted by atomic mass is 10.0. The van der Waals surface area contributed by atoms with Gasteiger partial charge in [0, 0.05) is 53.7 Å². The van der Waals surface area contributed by atoms with E-state index in [4.69, 9.17) is 11.6 Å². The molecule has 0 fully saturated rings. The van der Waals surface area contributed by atoms with Crippen LogP contribution in [0, 0.1) is 0 Å². The molecule has 1 aromatic carbocycles. The Morgan fingerprint density at radius 3 is 2.82 bits per heavy atom. The maximum Gasteiger partial charge on any atom is 0.225 e. The van der Waals surface area contributed by atoms with Crippen molar-refractivity contribution in [2.75, 3.05) is 11.4 Å². The Kier molecular flexibility index (Phi) is 3.27. The molecule has 2 aromatic heterocycles. The molecule has 3 aromatic rings. The molecule has 0 atom stereocenters. The van der Waals surface area contributed by atoms with E-state index in [-0.39, 0.29) is 0 Å². The van der Waals surface area contributed by atoms with E-state index >= 15 is 0 Å². The minimum atomic E-state index is 0.716. The molecule has 3 heterocycles. The maximum atomic E-state index is 6.10. The molecule has 22 heavy (non-hydrogen) atoms. The number of nitrogens with one attached hydrogen (secondary N) is 1. The third-order valence-corrected chi connectivity index (χ3v) is 4.10. The van der Waals surface area contributed by atoms with Crippen LogP contribution in [0.3, 0.4) is 0 Å². The van der Waals surface area contributed by atoms with Crippen molar-refractivity contribution >= 4 is 17.5 Å². The van der Waals surface area contributed by atoms with Gasteiger partial charge >= 0.3 is 0 Å². The molecule has 0 saturated heterocycles. The van der Waals surface area contributed by atoms with Crippen LogP contribution < -0.4 is 4.90 Å². The zero-order valence-electron chi connectivity index (χ0n) is 11.8. The largest absolute Gasteiger partial charge is 0.336 e. The van der Waals surface area contributed by atoms with E-state index < -0.39 is 0 Å². The molecule has 0 saturated carbocycles. The Morgan fingerprint density at radius 1 is 1.14 bits per heavy atom. The second-order valence-electron chi connectivity index (χ2n) is 5.26. The van der Waals surface area contributed by atoms with Crippen molar-refractivity contribution in [1.29, 1.82) is 0 Å². The molecule has 0 bridgehead atoms. The van der Waals surface area contributed by atoms with Crippen molar-refractivity contribution < 1.29 is 0 Å². The zero-order chi connectivity index (χ0) is 14.9. The first-order chi connectivity index (χ1) is 10.8. The average Bonchev–Trinajstić information content (AvgIpc) is 2.99. The summed E-state index contributed by atoms with van der Waals surface area (Å²) in [4.78, 5) is 10.9. The third kappa shape index (κ3) is 2.33. The monoisotopic (exact) mass is 311 g/mol. The van der Waals surface area contributed by atoms with Gasteiger partial charge in [-0.05, 0) is 18.2 Å². The second kappa shape index (κ2) is 5.42. The highest BCUT2D eigenvalue weighted by Crippen LogP contribution is 2.30. The minimum absolute atomic E-state index is 0.716. The van der Waals surface area contributed by atoms with Crippen LogP contribution >= 0.6 is 11.6 Å². The van der Waals surface area contributed by atoms with E-state index in [0.29, 0.717) is 5.02 Å². The standard InChI is InChI=1S/C16H14ClN5/c17-12-4-1-3-11(9-12)15-13-10-22(8-5-14(13)20-21-15)16-18-6-2-7-19-16/h1-4,6-7,9H,5,8,10H2,(H,20,21). The molecule has 0 radical (unpaired) electrons. The molecule has 0 amide bonds. The van der Waals surface area contributed by atoms with Gasteiger partial charge in [0.2, 0.25) is 5.95 Å². The third-order valence-electron chi connectivity index (χ3n) is 3.87. The second-order valence-corrected chi connectivity index (χ2v) is 5.70. The summed E-state index contributed by atoms with van der Waals surface area (Å²) in [5.74, 6) is 0.756. The molecule has 1 aliphatic heterocycles. The van der Waals surface area contributed by atoms with Gasteiger partial charge in [-0.15, -0.1) is 0 Å². The van der Waals surface area contributed by atoms with Crippen LogP contribution in [0.1, 0.15) is 11.3 Å². The predicted octanol–water partition coefficient (Wildman–Crippen LogP) is 3.08. The number of anilines is 1. The van der Waals surface area contributed by atoms with Crippen molar-refractivity contribution in [3.63, 3.8) is 0 Å². The number of hydrogen-bond acceptors (Lipinski definition) is 4. The molecule has 5 nitrogen and oxygen atoms in total. The highest BCUT2D eigenvalue weighted by molar-refractivity contribution is 6.30. The number of fused-ring (bicyclic) bond motifs is 1. The van der Waals surface area contributed by atoms with Gasteiger partial charge in [0.15, 0.2) is 0 Å². The Hall–Kier alpha value is -2.40. The lowest BCUT2D eigenvalue weighted by molar-refractivity contribution is 0.699. The van der Waals surface area contributed by atoms with Crippen molar-refractivity contribution in [2.45, 2.75) is 13.0 Å². The summed E-state index contributed by atoms with van der Waals surface area (Å²) >= 11 is 6.10. The fourth-order valence-corrected chi connectivity index (χ4v) is 2.99. The fourth-order valence-electron chi connectivity index (χ4n) is 2.79. The van der Waals surface area contributed by atoms with Crippen LogP contribution in [0.5, 0.6) is 0 Å². The van der Waals surface area contributed by atoms with E-state index in [2.05, 4.69) is 25.1 Å². The van der Waals surface area contributed by atoms with E-state index in [9.17, 15) is 0 Å². The maximum absolute atomic E-state index is 6.10. The number of halogens is 1. The number of hydrogen-bond donors (Lipinski definition) is 1. The molecule has 1 N–H and O–H groups in total. The fraction of sp³-hybridized carbons (Fsp3) is 0.188. The number of nitrogens with zero attached hydrogens (tertiary/aromatic N) is 4. The van der Waals surface area contributed by atoms with Crippen LogP contribution in [0.15, 0.2) is 42.7 Å². The molecule has 110 valence electrons. The summed E-state index contributed by atoms with van der Waals surface area (Å²) in [6.45, 7) is 1.63. The topological polar surface area (TPSA) is 57.7 Å². The molecule has 4 rings (SSSR count). The highest BCUT2D eigenvalue weighted by atomic mass is 35.5. The van der Waals surface area contributed by atoms with Crippen LogP contribution in [-0.4, -0.2) is 26.7 Å². The van der Waals surface area contributed by atoms with Crippen molar-refractivity contribution in [3.8, 4) is 11.3 Å². The van der Waals surface area contributed by atoms with Gasteiger partial charge in [0.25, 0.3) is 0 Å². The molecule has 0 unspecified atom stereocenters. The SMILES string of the molecule is Clc1cccc(-c2n[nH]c3c2CN(c2ncccn2)CC3)c1. The van der Waals surface area contributed by atoms with Crippen molar-refractivity contribution in [1.82, 2.24) is 20.2 Å². The Balaban J connectivity index is 1.71. The molecule has 0 spiro atoms. The van der Waals surface area contributed by atoms with Gasteiger partial charge in [-0.3, -0.25) is 5.10 Å². The first-order valence-corrected chi connectivity index (χ1v) is 7.53. The lowest BCUT2D eigenvalue weighted by Gasteiger charge is -2.26. The number of benzene rings is 1. The van der Waals surface area contributed by atoms with E-state index in [0.717, 1.165) is 36.7 Å². The van der Waals surface area contributed by atoms with Crippen LogP contribution in [0.2, 0.25) is 5.02 Å². The summed E-state index contributed by atoms with van der Waals surface area (Å²) in [6.07, 6.45) is 4.44. The first kappa shape index (κ1) is 13.3. The van der Waals surface area contributed by atoms with E-state index in [1.807, 2.05) is 30.3 Å². The van der Waals surface area contributed by atoms with Gasteiger partial charge in [0.1, 0.15) is 0 Å². The van der Waals surface area contributed by atoms with Crippen molar-refractivity contribution in [3.05, 3.63) is 59.0 Å². The zero-order valence-corrected chi connectivity index (χ0v) is 12.6. The first-order valence-electron chi connectivity index (χ1n) is 7.15.